The number of rotatable bonds is 5. The number of amides is 2. The number of nitro benzene ring substituents is 1. The Kier molecular flexibility index (Phi) is 7.04. The lowest BCUT2D eigenvalue weighted by Crippen LogP contribution is -2.42. The Morgan fingerprint density at radius 2 is 1.82 bits per heavy atom. The van der Waals surface area contributed by atoms with Crippen molar-refractivity contribution in [1.82, 2.24) is 15.8 Å². The van der Waals surface area contributed by atoms with Crippen LogP contribution in [0.2, 0.25) is 0 Å². The second-order valence-electron chi connectivity index (χ2n) is 8.15. The van der Waals surface area contributed by atoms with E-state index in [0.717, 1.165) is 25.9 Å². The molecule has 0 bridgehead atoms. The molecule has 2 aliphatic heterocycles. The van der Waals surface area contributed by atoms with Gasteiger partial charge in [0.15, 0.2) is 5.13 Å². The summed E-state index contributed by atoms with van der Waals surface area (Å²) in [6.07, 6.45) is 1.94. The number of nitrogens with zero attached hydrogens (tertiary/aromatic N) is 4. The summed E-state index contributed by atoms with van der Waals surface area (Å²) in [5.74, 6) is -0.613. The second-order valence-corrected chi connectivity index (χ2v) is 8.99. The van der Waals surface area contributed by atoms with Gasteiger partial charge < -0.3 is 14.5 Å². The minimum atomic E-state index is -0.645. The SMILES string of the molecule is CC1CCN(c2ccc(C(=O)NNC(=O)c3csc(N4CCOCC4)n3)cc2[N+](=O)[O-])CC1. The van der Waals surface area contributed by atoms with Crippen LogP contribution in [0.25, 0.3) is 0 Å². The topological polar surface area (TPSA) is 130 Å². The van der Waals surface area contributed by atoms with E-state index in [2.05, 4.69) is 22.8 Å². The van der Waals surface area contributed by atoms with Crippen LogP contribution < -0.4 is 20.7 Å². The largest absolute Gasteiger partial charge is 0.378 e. The number of carbonyl (C=O) groups is 2. The molecule has 2 amide bonds. The van der Waals surface area contributed by atoms with Gasteiger partial charge in [-0.2, -0.15) is 0 Å². The average Bonchev–Trinajstić information content (AvgIpc) is 3.33. The number of piperidine rings is 1. The highest BCUT2D eigenvalue weighted by atomic mass is 32.1. The zero-order valence-electron chi connectivity index (χ0n) is 18.3. The molecule has 0 atom stereocenters. The zero-order valence-corrected chi connectivity index (χ0v) is 19.1. The van der Waals surface area contributed by atoms with Crippen LogP contribution in [0.15, 0.2) is 23.6 Å². The fourth-order valence-electron chi connectivity index (χ4n) is 3.85. The van der Waals surface area contributed by atoms with Gasteiger partial charge in [0, 0.05) is 43.2 Å². The van der Waals surface area contributed by atoms with E-state index in [4.69, 9.17) is 4.74 Å². The van der Waals surface area contributed by atoms with E-state index >= 15 is 0 Å². The fraction of sp³-hybridized carbons (Fsp3) is 0.476. The van der Waals surface area contributed by atoms with Crippen molar-refractivity contribution < 1.29 is 19.2 Å². The summed E-state index contributed by atoms with van der Waals surface area (Å²) in [6, 6.07) is 4.37. The summed E-state index contributed by atoms with van der Waals surface area (Å²) in [5, 5.41) is 14.0. The van der Waals surface area contributed by atoms with Crippen LogP contribution >= 0.6 is 11.3 Å². The molecule has 2 saturated heterocycles. The van der Waals surface area contributed by atoms with Crippen molar-refractivity contribution in [3.63, 3.8) is 0 Å². The fourth-order valence-corrected chi connectivity index (χ4v) is 4.71. The van der Waals surface area contributed by atoms with Gasteiger partial charge in [-0.25, -0.2) is 4.98 Å². The molecule has 1 aromatic heterocycles. The molecule has 12 heteroatoms. The van der Waals surface area contributed by atoms with Gasteiger partial charge in [-0.15, -0.1) is 11.3 Å². The highest BCUT2D eigenvalue weighted by molar-refractivity contribution is 7.13. The highest BCUT2D eigenvalue weighted by Gasteiger charge is 2.25. The summed E-state index contributed by atoms with van der Waals surface area (Å²) in [5.41, 5.74) is 5.29. The van der Waals surface area contributed by atoms with Crippen molar-refractivity contribution in [2.24, 2.45) is 5.92 Å². The van der Waals surface area contributed by atoms with Crippen LogP contribution in [0.5, 0.6) is 0 Å². The number of hydrazine groups is 1. The van der Waals surface area contributed by atoms with Crippen molar-refractivity contribution in [3.8, 4) is 0 Å². The number of carbonyl (C=O) groups excluding carboxylic acids is 2. The first kappa shape index (κ1) is 22.9. The lowest BCUT2D eigenvalue weighted by Gasteiger charge is -2.31. The predicted molar refractivity (Wildman–Crippen MR) is 124 cm³/mol. The van der Waals surface area contributed by atoms with E-state index in [0.29, 0.717) is 43.0 Å². The molecular formula is C21H26N6O5S. The van der Waals surface area contributed by atoms with Gasteiger partial charge >= 0.3 is 0 Å². The molecule has 11 nitrogen and oxygen atoms in total. The number of hydrogen-bond donors (Lipinski definition) is 2. The molecule has 176 valence electrons. The molecule has 2 aromatic rings. The van der Waals surface area contributed by atoms with Gasteiger partial charge in [0.05, 0.1) is 18.1 Å². The minimum Gasteiger partial charge on any atom is -0.378 e. The summed E-state index contributed by atoms with van der Waals surface area (Å²) in [7, 11) is 0. The molecule has 0 saturated carbocycles. The highest BCUT2D eigenvalue weighted by Crippen LogP contribution is 2.32. The maximum absolute atomic E-state index is 12.5. The second kappa shape index (κ2) is 10.1. The smallest absolute Gasteiger partial charge is 0.293 e. The first-order chi connectivity index (χ1) is 15.9. The third kappa shape index (κ3) is 5.40. The van der Waals surface area contributed by atoms with E-state index in [1.807, 2.05) is 9.80 Å². The third-order valence-electron chi connectivity index (χ3n) is 5.85. The summed E-state index contributed by atoms with van der Waals surface area (Å²) in [6.45, 7) is 6.28. The first-order valence-corrected chi connectivity index (χ1v) is 11.7. The quantitative estimate of drug-likeness (QED) is 0.498. The Morgan fingerprint density at radius 3 is 2.52 bits per heavy atom. The number of benzene rings is 1. The number of hydrogen-bond acceptors (Lipinski definition) is 9. The lowest BCUT2D eigenvalue weighted by molar-refractivity contribution is -0.384. The summed E-state index contributed by atoms with van der Waals surface area (Å²) < 4.78 is 5.32. The number of ether oxygens (including phenoxy) is 1. The molecule has 0 unspecified atom stereocenters. The Hall–Kier alpha value is -3.25. The van der Waals surface area contributed by atoms with E-state index in [-0.39, 0.29) is 16.9 Å². The molecule has 1 aromatic carbocycles. The van der Waals surface area contributed by atoms with Gasteiger partial charge in [-0.1, -0.05) is 6.92 Å². The molecule has 2 aliphatic rings. The number of thiazole rings is 1. The normalized spacial score (nSPS) is 17.0. The zero-order chi connectivity index (χ0) is 23.4. The van der Waals surface area contributed by atoms with Gasteiger partial charge in [0.25, 0.3) is 17.5 Å². The molecule has 2 N–H and O–H groups in total. The number of anilines is 2. The average molecular weight is 475 g/mol. The summed E-state index contributed by atoms with van der Waals surface area (Å²) in [4.78, 5) is 44.4. The van der Waals surface area contributed by atoms with Crippen molar-refractivity contribution in [3.05, 3.63) is 45.0 Å². The molecule has 4 rings (SSSR count). The minimum absolute atomic E-state index is 0.0865. The van der Waals surface area contributed by atoms with E-state index in [1.165, 1.54) is 23.5 Å². The molecule has 33 heavy (non-hydrogen) atoms. The van der Waals surface area contributed by atoms with Crippen LogP contribution in [0, 0.1) is 16.0 Å². The monoisotopic (exact) mass is 474 g/mol. The van der Waals surface area contributed by atoms with Gasteiger partial charge in [0.2, 0.25) is 0 Å². The van der Waals surface area contributed by atoms with Crippen molar-refractivity contribution in [1.29, 1.82) is 0 Å². The van der Waals surface area contributed by atoms with Crippen LogP contribution in [-0.2, 0) is 4.74 Å². The number of nitro groups is 1. The van der Waals surface area contributed by atoms with Gasteiger partial charge in [-0.3, -0.25) is 30.6 Å². The van der Waals surface area contributed by atoms with Crippen molar-refractivity contribution in [2.45, 2.75) is 19.8 Å². The Morgan fingerprint density at radius 1 is 1.12 bits per heavy atom. The number of morpholine rings is 1. The molecule has 3 heterocycles. The van der Waals surface area contributed by atoms with Crippen LogP contribution in [-0.4, -0.2) is 61.1 Å². The van der Waals surface area contributed by atoms with Gasteiger partial charge in [0.1, 0.15) is 11.4 Å². The van der Waals surface area contributed by atoms with Gasteiger partial charge in [-0.05, 0) is 30.9 Å². The standard InChI is InChI=1S/C21H26N6O5S/c1-14-4-6-25(7-5-14)17-3-2-15(12-18(17)27(30)31)19(28)23-24-20(29)16-13-33-21(22-16)26-8-10-32-11-9-26/h2-3,12-14H,4-11H2,1H3,(H,23,28)(H,24,29). The molecule has 0 aliphatic carbocycles. The molecule has 0 spiro atoms. The number of aromatic nitrogens is 1. The van der Waals surface area contributed by atoms with E-state index < -0.39 is 16.7 Å². The molecule has 2 fully saturated rings. The van der Waals surface area contributed by atoms with Crippen LogP contribution in [0.4, 0.5) is 16.5 Å². The van der Waals surface area contributed by atoms with Crippen LogP contribution in [0.3, 0.4) is 0 Å². The predicted octanol–water partition coefficient (Wildman–Crippen LogP) is 2.20. The molecular weight excluding hydrogens is 448 g/mol. The molecule has 0 radical (unpaired) electrons. The summed E-state index contributed by atoms with van der Waals surface area (Å²) >= 11 is 1.34. The maximum Gasteiger partial charge on any atom is 0.293 e. The van der Waals surface area contributed by atoms with E-state index in [9.17, 15) is 19.7 Å². The van der Waals surface area contributed by atoms with Crippen LogP contribution in [0.1, 0.15) is 40.6 Å². The van der Waals surface area contributed by atoms with E-state index in [1.54, 1.807) is 11.4 Å². The Bertz CT molecular complexity index is 1030. The van der Waals surface area contributed by atoms with Crippen molar-refractivity contribution in [2.75, 3.05) is 49.2 Å². The number of nitrogens with one attached hydrogen (secondary N) is 2. The Labute approximate surface area is 194 Å². The van der Waals surface area contributed by atoms with Crippen molar-refractivity contribution >= 4 is 39.7 Å². The third-order valence-corrected chi connectivity index (χ3v) is 6.76. The lowest BCUT2D eigenvalue weighted by atomic mass is 9.98. The maximum atomic E-state index is 12.5. The first-order valence-electron chi connectivity index (χ1n) is 10.8. The Balaban J connectivity index is 1.39.